The fraction of sp³-hybridized carbons (Fsp3) is 0.375. The molecule has 2 aliphatic heterocycles. The molecule has 0 aliphatic carbocycles. The number of ether oxygens (including phenoxy) is 2. The maximum absolute atomic E-state index is 14.4. The van der Waals surface area contributed by atoms with Crippen molar-refractivity contribution in [1.29, 1.82) is 0 Å². The van der Waals surface area contributed by atoms with Crippen LogP contribution in [0.25, 0.3) is 0 Å². The summed E-state index contributed by atoms with van der Waals surface area (Å²) in [5.41, 5.74) is 0. The van der Waals surface area contributed by atoms with E-state index in [1.165, 1.54) is 23.7 Å². The Morgan fingerprint density at radius 2 is 1.81 bits per heavy atom. The molecular weight excluding hydrogens is 507 g/mol. The molecule has 0 spiro atoms. The summed E-state index contributed by atoms with van der Waals surface area (Å²) in [6, 6.07) is 13.2. The van der Waals surface area contributed by atoms with E-state index in [4.69, 9.17) is 9.47 Å². The zero-order valence-corrected chi connectivity index (χ0v) is 21.2. The number of carbonyl (C=O) groups excluding carboxylic acids is 1. The van der Waals surface area contributed by atoms with E-state index in [1.807, 2.05) is 35.2 Å². The van der Waals surface area contributed by atoms with Gasteiger partial charge in [-0.25, -0.2) is 12.8 Å². The van der Waals surface area contributed by atoms with Crippen molar-refractivity contribution in [2.45, 2.75) is 36.3 Å². The van der Waals surface area contributed by atoms with Crippen LogP contribution < -0.4 is 14.4 Å². The van der Waals surface area contributed by atoms with Gasteiger partial charge in [0.25, 0.3) is 5.91 Å². The molecule has 2 saturated heterocycles. The third-order valence-corrected chi connectivity index (χ3v) is 8.19. The molecule has 1 aromatic heterocycles. The third kappa shape index (κ3) is 5.29. The molecule has 2 fully saturated rings. The number of nitrogens with zero attached hydrogens (tertiary/aromatic N) is 4. The molecule has 3 heterocycles. The minimum atomic E-state index is -3.53. The second-order valence-electron chi connectivity index (χ2n) is 8.78. The number of aromatic nitrogens is 2. The van der Waals surface area contributed by atoms with Crippen molar-refractivity contribution < 1.29 is 27.1 Å². The number of piperidine rings is 1. The fourth-order valence-electron chi connectivity index (χ4n) is 4.44. The molecule has 2 aliphatic rings. The van der Waals surface area contributed by atoms with Crippen LogP contribution in [0.3, 0.4) is 0 Å². The molecule has 2 aromatic carbocycles. The van der Waals surface area contributed by atoms with Gasteiger partial charge in [0.05, 0.1) is 4.90 Å². The third-order valence-electron chi connectivity index (χ3n) is 6.32. The first kappa shape index (κ1) is 24.4. The lowest BCUT2D eigenvalue weighted by atomic mass is 10.0. The molecule has 0 radical (unpaired) electrons. The summed E-state index contributed by atoms with van der Waals surface area (Å²) in [6.45, 7) is 1.98. The van der Waals surface area contributed by atoms with Gasteiger partial charge >= 0.3 is 6.01 Å². The van der Waals surface area contributed by atoms with Gasteiger partial charge in [0, 0.05) is 49.9 Å². The van der Waals surface area contributed by atoms with Crippen molar-refractivity contribution in [3.8, 4) is 17.5 Å². The van der Waals surface area contributed by atoms with E-state index in [0.29, 0.717) is 24.7 Å². The smallest absolute Gasteiger partial charge is 0.335 e. The summed E-state index contributed by atoms with van der Waals surface area (Å²) in [6.07, 6.45) is 2.20. The summed E-state index contributed by atoms with van der Waals surface area (Å²) < 4.78 is 53.3. The number of likely N-dealkylation sites (tertiary alicyclic amines) is 1. The summed E-state index contributed by atoms with van der Waals surface area (Å²) in [5, 5.41) is 0.779. The Balaban J connectivity index is 1.15. The number of anilines is 1. The number of halogens is 1. The van der Waals surface area contributed by atoms with Gasteiger partial charge in [-0.15, -0.1) is 4.37 Å². The average molecular weight is 533 g/mol. The molecule has 5 rings (SSSR count). The Morgan fingerprint density at radius 3 is 2.50 bits per heavy atom. The van der Waals surface area contributed by atoms with Gasteiger partial charge in [-0.2, -0.15) is 4.98 Å². The number of benzene rings is 2. The molecule has 0 saturated carbocycles. The SMILES string of the molecule is CS(=O)(=O)c1ccc(OC2CCN(C3CCN(c4nc(Oc5ccccc5)ns4)CC3)C2=O)c(F)c1. The zero-order chi connectivity index (χ0) is 25.3. The van der Waals surface area contributed by atoms with Crippen LogP contribution >= 0.6 is 11.5 Å². The number of rotatable bonds is 7. The average Bonchev–Trinajstić information content (AvgIpc) is 3.47. The molecule has 1 amide bonds. The number of para-hydroxylation sites is 1. The highest BCUT2D eigenvalue weighted by atomic mass is 32.2. The monoisotopic (exact) mass is 532 g/mol. The lowest BCUT2D eigenvalue weighted by molar-refractivity contribution is -0.135. The summed E-state index contributed by atoms with van der Waals surface area (Å²) in [7, 11) is -3.53. The second kappa shape index (κ2) is 10.0. The standard InChI is InChI=1S/C24H25FN4O5S2/c1-36(31,32)18-7-8-20(19(25)15-18)34-21-11-14-29(22(21)30)16-9-12-28(13-10-16)24-26-23(27-35-24)33-17-5-3-2-4-6-17/h2-8,15-16,21H,9-14H2,1H3. The molecule has 1 unspecified atom stereocenters. The summed E-state index contributed by atoms with van der Waals surface area (Å²) >= 11 is 1.28. The van der Waals surface area contributed by atoms with Crippen LogP contribution in [0.4, 0.5) is 9.52 Å². The van der Waals surface area contributed by atoms with Gasteiger partial charge < -0.3 is 19.3 Å². The molecule has 0 N–H and O–H groups in total. The van der Waals surface area contributed by atoms with Crippen LogP contribution in [0, 0.1) is 5.82 Å². The molecule has 0 bridgehead atoms. The van der Waals surface area contributed by atoms with Crippen molar-refractivity contribution in [2.24, 2.45) is 0 Å². The van der Waals surface area contributed by atoms with Crippen molar-refractivity contribution >= 4 is 32.4 Å². The van der Waals surface area contributed by atoms with Gasteiger partial charge in [-0.1, -0.05) is 18.2 Å². The predicted molar refractivity (Wildman–Crippen MR) is 132 cm³/mol. The van der Waals surface area contributed by atoms with Gasteiger partial charge in [0.2, 0.25) is 5.13 Å². The largest absolute Gasteiger partial charge is 0.477 e. The molecule has 1 atom stereocenters. The first-order valence-electron chi connectivity index (χ1n) is 11.6. The van der Waals surface area contributed by atoms with E-state index in [9.17, 15) is 17.6 Å². The van der Waals surface area contributed by atoms with Crippen molar-refractivity contribution in [3.05, 3.63) is 54.3 Å². The molecule has 12 heteroatoms. The number of carbonyl (C=O) groups is 1. The minimum absolute atomic E-state index is 0.0627. The zero-order valence-electron chi connectivity index (χ0n) is 19.5. The van der Waals surface area contributed by atoms with E-state index in [2.05, 4.69) is 14.3 Å². The maximum Gasteiger partial charge on any atom is 0.335 e. The van der Waals surface area contributed by atoms with E-state index in [1.54, 1.807) is 0 Å². The number of hydrogen-bond acceptors (Lipinski definition) is 9. The fourth-order valence-corrected chi connectivity index (χ4v) is 5.73. The van der Waals surface area contributed by atoms with Crippen LogP contribution in [0.5, 0.6) is 17.5 Å². The van der Waals surface area contributed by atoms with Crippen molar-refractivity contribution in [3.63, 3.8) is 0 Å². The van der Waals surface area contributed by atoms with E-state index >= 15 is 0 Å². The Bertz CT molecular complexity index is 1340. The quantitative estimate of drug-likeness (QED) is 0.456. The van der Waals surface area contributed by atoms with Gasteiger partial charge in [0.15, 0.2) is 27.5 Å². The predicted octanol–water partition coefficient (Wildman–Crippen LogP) is 3.52. The number of sulfone groups is 1. The van der Waals surface area contributed by atoms with Crippen molar-refractivity contribution in [1.82, 2.24) is 14.3 Å². The minimum Gasteiger partial charge on any atom is -0.477 e. The highest BCUT2D eigenvalue weighted by Crippen LogP contribution is 2.31. The first-order chi connectivity index (χ1) is 17.3. The van der Waals surface area contributed by atoms with Crippen LogP contribution in [-0.2, 0) is 14.6 Å². The lowest BCUT2D eigenvalue weighted by Crippen LogP contribution is -2.47. The molecular formula is C24H25FN4O5S2. The Kier molecular flexibility index (Phi) is 6.80. The molecule has 190 valence electrons. The topological polar surface area (TPSA) is 102 Å². The van der Waals surface area contributed by atoms with E-state index < -0.39 is 21.8 Å². The van der Waals surface area contributed by atoms with Gasteiger partial charge in [-0.3, -0.25) is 4.79 Å². The summed E-state index contributed by atoms with van der Waals surface area (Å²) in [4.78, 5) is 21.3. The Labute approximate surface area is 212 Å². The van der Waals surface area contributed by atoms with Gasteiger partial charge in [0.1, 0.15) is 5.75 Å². The Morgan fingerprint density at radius 1 is 1.06 bits per heavy atom. The summed E-state index contributed by atoms with van der Waals surface area (Å²) in [5.74, 6) is -0.419. The van der Waals surface area contributed by atoms with E-state index in [0.717, 1.165) is 43.4 Å². The highest BCUT2D eigenvalue weighted by molar-refractivity contribution is 7.90. The van der Waals surface area contributed by atoms with Gasteiger partial charge in [-0.05, 0) is 43.2 Å². The van der Waals surface area contributed by atoms with Crippen LogP contribution in [0.15, 0.2) is 53.4 Å². The van der Waals surface area contributed by atoms with E-state index in [-0.39, 0.29) is 22.6 Å². The van der Waals surface area contributed by atoms with Crippen molar-refractivity contribution in [2.75, 3.05) is 30.8 Å². The van der Waals surface area contributed by atoms with Crippen LogP contribution in [0.1, 0.15) is 19.3 Å². The maximum atomic E-state index is 14.4. The molecule has 36 heavy (non-hydrogen) atoms. The molecule has 3 aromatic rings. The lowest BCUT2D eigenvalue weighted by Gasteiger charge is -2.36. The number of amides is 1. The molecule has 9 nitrogen and oxygen atoms in total. The van der Waals surface area contributed by atoms with Crippen LogP contribution in [-0.4, -0.2) is 66.6 Å². The highest BCUT2D eigenvalue weighted by Gasteiger charge is 2.39. The van der Waals surface area contributed by atoms with Crippen LogP contribution in [0.2, 0.25) is 0 Å². The Hall–Kier alpha value is -3.25. The number of hydrogen-bond donors (Lipinski definition) is 0. The normalized spacial score (nSPS) is 19.1. The second-order valence-corrected chi connectivity index (χ2v) is 11.5. The first-order valence-corrected chi connectivity index (χ1v) is 14.2.